The van der Waals surface area contributed by atoms with Crippen LogP contribution >= 0.6 is 31.9 Å². The number of H-pyrrole nitrogens is 1. The summed E-state index contributed by atoms with van der Waals surface area (Å²) in [7, 11) is 0. The van der Waals surface area contributed by atoms with E-state index in [1.165, 1.54) is 0 Å². The van der Waals surface area contributed by atoms with Gasteiger partial charge in [-0.05, 0) is 40.2 Å². The van der Waals surface area contributed by atoms with Crippen LogP contribution in [0.4, 0.5) is 0 Å². The van der Waals surface area contributed by atoms with Crippen LogP contribution in [0.2, 0.25) is 0 Å². The summed E-state index contributed by atoms with van der Waals surface area (Å²) in [6.45, 7) is 0. The summed E-state index contributed by atoms with van der Waals surface area (Å²) < 4.78 is 6.73. The summed E-state index contributed by atoms with van der Waals surface area (Å²) in [6.07, 6.45) is 1.70. The Labute approximate surface area is 119 Å². The predicted molar refractivity (Wildman–Crippen MR) is 75.8 cm³/mol. The molecule has 3 aromatic rings. The second kappa shape index (κ2) is 4.40. The van der Waals surface area contributed by atoms with Crippen LogP contribution in [0.25, 0.3) is 10.9 Å². The van der Waals surface area contributed by atoms with Crippen molar-refractivity contribution in [3.8, 4) is 0 Å². The maximum atomic E-state index is 12.3. The zero-order chi connectivity index (χ0) is 12.7. The summed E-state index contributed by atoms with van der Waals surface area (Å²) in [5.41, 5.74) is 1.51. The molecule has 0 amide bonds. The highest BCUT2D eigenvalue weighted by molar-refractivity contribution is 9.10. The first kappa shape index (κ1) is 11.7. The molecule has 2 heterocycles. The number of carbonyl (C=O) groups excluding carboxylic acids is 1. The molecular weight excluding hydrogens is 362 g/mol. The minimum Gasteiger partial charge on any atom is -0.446 e. The second-order valence-electron chi connectivity index (χ2n) is 3.80. The largest absolute Gasteiger partial charge is 0.446 e. The van der Waals surface area contributed by atoms with Crippen molar-refractivity contribution < 1.29 is 9.21 Å². The van der Waals surface area contributed by atoms with E-state index in [1.807, 2.05) is 18.2 Å². The van der Waals surface area contributed by atoms with Crippen LogP contribution in [-0.2, 0) is 0 Å². The van der Waals surface area contributed by atoms with Crippen molar-refractivity contribution in [1.29, 1.82) is 0 Å². The maximum Gasteiger partial charge on any atom is 0.230 e. The third kappa shape index (κ3) is 1.83. The molecule has 0 aliphatic heterocycles. The number of carbonyl (C=O) groups is 1. The summed E-state index contributed by atoms with van der Waals surface area (Å²) >= 11 is 6.65. The third-order valence-corrected chi connectivity index (χ3v) is 3.78. The Bertz CT molecular complexity index is 742. The molecule has 90 valence electrons. The minimum absolute atomic E-state index is 0.140. The molecule has 2 aromatic heterocycles. The van der Waals surface area contributed by atoms with E-state index in [9.17, 15) is 4.79 Å². The average Bonchev–Trinajstić information content (AvgIpc) is 2.95. The fourth-order valence-corrected chi connectivity index (χ4v) is 2.77. The molecular formula is C13H7Br2NO2. The number of ketones is 1. The van der Waals surface area contributed by atoms with Crippen LogP contribution in [0.3, 0.4) is 0 Å². The summed E-state index contributed by atoms with van der Waals surface area (Å²) in [5.74, 6) is 0.178. The predicted octanol–water partition coefficient (Wildman–Crippen LogP) is 4.52. The van der Waals surface area contributed by atoms with Crippen molar-refractivity contribution in [3.63, 3.8) is 0 Å². The van der Waals surface area contributed by atoms with Gasteiger partial charge in [-0.1, -0.05) is 22.0 Å². The van der Waals surface area contributed by atoms with E-state index in [4.69, 9.17) is 4.42 Å². The first-order chi connectivity index (χ1) is 8.66. The summed E-state index contributed by atoms with van der Waals surface area (Å²) in [4.78, 5) is 15.4. The Balaban J connectivity index is 2.18. The molecule has 1 N–H and O–H groups in total. The van der Waals surface area contributed by atoms with E-state index in [0.29, 0.717) is 16.0 Å². The van der Waals surface area contributed by atoms with Gasteiger partial charge in [-0.25, -0.2) is 0 Å². The molecule has 0 aliphatic rings. The standard InChI is InChI=1S/C13H7Br2NO2/c14-8-2-1-3-9-12(8)7(6-16-9)13(17)10-4-5-11(15)18-10/h1-6,16H. The first-order valence-corrected chi connectivity index (χ1v) is 6.81. The summed E-state index contributed by atoms with van der Waals surface area (Å²) in [5, 5.41) is 0.870. The Morgan fingerprint density at radius 2 is 2.00 bits per heavy atom. The lowest BCUT2D eigenvalue weighted by Crippen LogP contribution is -1.98. The lowest BCUT2D eigenvalue weighted by Gasteiger charge is -1.98. The summed E-state index contributed by atoms with van der Waals surface area (Å²) in [6, 6.07) is 9.11. The van der Waals surface area contributed by atoms with Gasteiger partial charge in [0.05, 0.1) is 5.56 Å². The van der Waals surface area contributed by atoms with E-state index in [0.717, 1.165) is 15.4 Å². The minimum atomic E-state index is -0.140. The molecule has 0 saturated carbocycles. The Morgan fingerprint density at radius 3 is 2.72 bits per heavy atom. The Morgan fingerprint density at radius 1 is 1.17 bits per heavy atom. The average molecular weight is 369 g/mol. The number of fused-ring (bicyclic) bond motifs is 1. The zero-order valence-corrected chi connectivity index (χ0v) is 12.2. The molecule has 1 aromatic carbocycles. The molecule has 3 rings (SSSR count). The van der Waals surface area contributed by atoms with E-state index < -0.39 is 0 Å². The second-order valence-corrected chi connectivity index (χ2v) is 5.43. The molecule has 0 radical (unpaired) electrons. The quantitative estimate of drug-likeness (QED) is 0.676. The van der Waals surface area contributed by atoms with Crippen molar-refractivity contribution >= 4 is 48.5 Å². The first-order valence-electron chi connectivity index (χ1n) is 5.22. The highest BCUT2D eigenvalue weighted by Crippen LogP contribution is 2.29. The SMILES string of the molecule is O=C(c1ccc(Br)o1)c1c[nH]c2cccc(Br)c12. The fraction of sp³-hybridized carbons (Fsp3) is 0. The Kier molecular flexibility index (Phi) is 2.87. The van der Waals surface area contributed by atoms with E-state index in [-0.39, 0.29) is 5.78 Å². The number of hydrogen-bond donors (Lipinski definition) is 1. The highest BCUT2D eigenvalue weighted by Gasteiger charge is 2.18. The van der Waals surface area contributed by atoms with Crippen LogP contribution in [0.1, 0.15) is 16.1 Å². The number of hydrogen-bond acceptors (Lipinski definition) is 2. The molecule has 5 heteroatoms. The van der Waals surface area contributed by atoms with Gasteiger partial charge < -0.3 is 9.40 Å². The maximum absolute atomic E-state index is 12.3. The van der Waals surface area contributed by atoms with Gasteiger partial charge in [0.2, 0.25) is 5.78 Å². The van der Waals surface area contributed by atoms with Crippen molar-refractivity contribution in [2.75, 3.05) is 0 Å². The van der Waals surface area contributed by atoms with Crippen LogP contribution in [0, 0.1) is 0 Å². The highest BCUT2D eigenvalue weighted by atomic mass is 79.9. The van der Waals surface area contributed by atoms with Crippen LogP contribution in [-0.4, -0.2) is 10.8 Å². The molecule has 0 atom stereocenters. The van der Waals surface area contributed by atoms with Crippen LogP contribution in [0.5, 0.6) is 0 Å². The van der Waals surface area contributed by atoms with Gasteiger partial charge in [0.1, 0.15) is 0 Å². The van der Waals surface area contributed by atoms with Gasteiger partial charge in [0.15, 0.2) is 10.4 Å². The number of benzene rings is 1. The molecule has 0 fully saturated rings. The van der Waals surface area contributed by atoms with E-state index in [2.05, 4.69) is 36.8 Å². The number of halogens is 2. The van der Waals surface area contributed by atoms with E-state index >= 15 is 0 Å². The third-order valence-electron chi connectivity index (χ3n) is 2.70. The van der Waals surface area contributed by atoms with Gasteiger partial charge in [0.25, 0.3) is 0 Å². The number of rotatable bonds is 2. The smallest absolute Gasteiger partial charge is 0.230 e. The van der Waals surface area contributed by atoms with E-state index in [1.54, 1.807) is 18.3 Å². The van der Waals surface area contributed by atoms with Crippen molar-refractivity contribution in [1.82, 2.24) is 4.98 Å². The lowest BCUT2D eigenvalue weighted by atomic mass is 10.1. The molecule has 0 saturated heterocycles. The number of furan rings is 1. The van der Waals surface area contributed by atoms with Crippen molar-refractivity contribution in [2.24, 2.45) is 0 Å². The van der Waals surface area contributed by atoms with Gasteiger partial charge in [-0.3, -0.25) is 4.79 Å². The number of nitrogens with one attached hydrogen (secondary N) is 1. The van der Waals surface area contributed by atoms with Gasteiger partial charge in [0, 0.05) is 21.6 Å². The molecule has 0 unspecified atom stereocenters. The topological polar surface area (TPSA) is 46.0 Å². The van der Waals surface area contributed by atoms with Crippen LogP contribution < -0.4 is 0 Å². The van der Waals surface area contributed by atoms with Crippen molar-refractivity contribution in [2.45, 2.75) is 0 Å². The fourth-order valence-electron chi connectivity index (χ4n) is 1.89. The molecule has 0 aliphatic carbocycles. The number of aromatic nitrogens is 1. The molecule has 0 bridgehead atoms. The van der Waals surface area contributed by atoms with Gasteiger partial charge in [-0.2, -0.15) is 0 Å². The number of aromatic amines is 1. The molecule has 3 nitrogen and oxygen atoms in total. The van der Waals surface area contributed by atoms with Crippen LogP contribution in [0.15, 0.2) is 50.1 Å². The monoisotopic (exact) mass is 367 g/mol. The van der Waals surface area contributed by atoms with Crippen molar-refractivity contribution in [3.05, 3.63) is 57.0 Å². The lowest BCUT2D eigenvalue weighted by molar-refractivity contribution is 0.101. The molecule has 0 spiro atoms. The van der Waals surface area contributed by atoms with Gasteiger partial charge in [-0.15, -0.1) is 0 Å². The Hall–Kier alpha value is -1.33. The zero-order valence-electron chi connectivity index (χ0n) is 9.04. The normalized spacial score (nSPS) is 11.0. The molecule has 18 heavy (non-hydrogen) atoms. The van der Waals surface area contributed by atoms with Gasteiger partial charge >= 0.3 is 0 Å².